The maximum Gasteiger partial charge on any atom is 0.306 e. The lowest BCUT2D eigenvalue weighted by Crippen LogP contribution is -2.35. The smallest absolute Gasteiger partial charge is 0.306 e. The second-order valence-corrected chi connectivity index (χ2v) is 5.44. The van der Waals surface area contributed by atoms with Crippen molar-refractivity contribution in [3.8, 4) is 0 Å². The van der Waals surface area contributed by atoms with Crippen molar-refractivity contribution in [1.29, 1.82) is 0 Å². The SMILES string of the molecule is CC(=O)CCC(=O)OCC(=O)NCC(=O)Nc1cccc(C)c1C. The van der Waals surface area contributed by atoms with Gasteiger partial charge in [-0.05, 0) is 38.0 Å². The second kappa shape index (κ2) is 9.44. The fraction of sp³-hybridized carbons (Fsp3) is 0.412. The number of ketones is 1. The van der Waals surface area contributed by atoms with E-state index in [1.807, 2.05) is 26.0 Å². The molecule has 0 bridgehead atoms. The third-order valence-electron chi connectivity index (χ3n) is 3.37. The summed E-state index contributed by atoms with van der Waals surface area (Å²) in [7, 11) is 0. The first-order valence-corrected chi connectivity index (χ1v) is 7.57. The molecule has 0 atom stereocenters. The van der Waals surface area contributed by atoms with Gasteiger partial charge in [0, 0.05) is 12.1 Å². The highest BCUT2D eigenvalue weighted by atomic mass is 16.5. The Morgan fingerprint density at radius 3 is 2.42 bits per heavy atom. The summed E-state index contributed by atoms with van der Waals surface area (Å²) < 4.78 is 4.70. The number of carbonyl (C=O) groups is 4. The molecule has 0 aliphatic heterocycles. The fourth-order valence-electron chi connectivity index (χ4n) is 1.81. The van der Waals surface area contributed by atoms with Gasteiger partial charge in [0.05, 0.1) is 13.0 Å². The van der Waals surface area contributed by atoms with Crippen molar-refractivity contribution in [2.45, 2.75) is 33.6 Å². The van der Waals surface area contributed by atoms with E-state index < -0.39 is 18.5 Å². The highest BCUT2D eigenvalue weighted by Gasteiger charge is 2.11. The van der Waals surface area contributed by atoms with Gasteiger partial charge in [0.25, 0.3) is 5.91 Å². The number of nitrogens with one attached hydrogen (secondary N) is 2. The summed E-state index contributed by atoms with van der Waals surface area (Å²) in [6, 6.07) is 5.54. The summed E-state index contributed by atoms with van der Waals surface area (Å²) in [5.41, 5.74) is 2.69. The Labute approximate surface area is 140 Å². The maximum atomic E-state index is 11.8. The van der Waals surface area contributed by atoms with Crippen LogP contribution in [0.2, 0.25) is 0 Å². The lowest BCUT2D eigenvalue weighted by atomic mass is 10.1. The van der Waals surface area contributed by atoms with Crippen molar-refractivity contribution in [3.05, 3.63) is 29.3 Å². The quantitative estimate of drug-likeness (QED) is 0.697. The number of ether oxygens (including phenoxy) is 1. The van der Waals surface area contributed by atoms with Crippen molar-refractivity contribution in [2.75, 3.05) is 18.5 Å². The Bertz CT molecular complexity index is 640. The van der Waals surface area contributed by atoms with Crippen LogP contribution >= 0.6 is 0 Å². The largest absolute Gasteiger partial charge is 0.456 e. The molecule has 0 unspecified atom stereocenters. The number of hydrogen-bond donors (Lipinski definition) is 2. The predicted molar refractivity (Wildman–Crippen MR) is 88.4 cm³/mol. The molecular formula is C17H22N2O5. The molecule has 0 aromatic heterocycles. The van der Waals surface area contributed by atoms with Gasteiger partial charge in [0.2, 0.25) is 5.91 Å². The van der Waals surface area contributed by atoms with E-state index >= 15 is 0 Å². The molecule has 1 aromatic carbocycles. The first kappa shape index (κ1) is 19.3. The Kier molecular flexibility index (Phi) is 7.61. The first-order chi connectivity index (χ1) is 11.3. The van der Waals surface area contributed by atoms with Crippen LogP contribution in [0.5, 0.6) is 0 Å². The van der Waals surface area contributed by atoms with Crippen molar-refractivity contribution >= 4 is 29.3 Å². The minimum absolute atomic E-state index is 0.0598. The van der Waals surface area contributed by atoms with E-state index in [1.54, 1.807) is 6.07 Å². The summed E-state index contributed by atoms with van der Waals surface area (Å²) in [5.74, 6) is -1.71. The molecular weight excluding hydrogens is 312 g/mol. The van der Waals surface area contributed by atoms with E-state index in [-0.39, 0.29) is 31.1 Å². The summed E-state index contributed by atoms with van der Waals surface area (Å²) in [6.07, 6.45) is 0.0223. The number of carbonyl (C=O) groups excluding carboxylic acids is 4. The van der Waals surface area contributed by atoms with Crippen molar-refractivity contribution < 1.29 is 23.9 Å². The Morgan fingerprint density at radius 1 is 1.04 bits per heavy atom. The fourth-order valence-corrected chi connectivity index (χ4v) is 1.81. The van der Waals surface area contributed by atoms with Gasteiger partial charge in [-0.25, -0.2) is 0 Å². The molecule has 130 valence electrons. The van der Waals surface area contributed by atoms with Crippen molar-refractivity contribution in [3.63, 3.8) is 0 Å². The van der Waals surface area contributed by atoms with Crippen LogP contribution in [0.25, 0.3) is 0 Å². The average molecular weight is 334 g/mol. The van der Waals surface area contributed by atoms with E-state index in [9.17, 15) is 19.2 Å². The lowest BCUT2D eigenvalue weighted by molar-refractivity contribution is -0.149. The second-order valence-electron chi connectivity index (χ2n) is 5.44. The molecule has 2 amide bonds. The number of esters is 1. The van der Waals surface area contributed by atoms with Crippen LogP contribution in [0.4, 0.5) is 5.69 Å². The van der Waals surface area contributed by atoms with Crippen LogP contribution in [-0.4, -0.2) is 36.7 Å². The van der Waals surface area contributed by atoms with Crippen LogP contribution < -0.4 is 10.6 Å². The minimum atomic E-state index is -0.625. The highest BCUT2D eigenvalue weighted by molar-refractivity contribution is 5.95. The minimum Gasteiger partial charge on any atom is -0.456 e. The molecule has 7 nitrogen and oxygen atoms in total. The summed E-state index contributed by atoms with van der Waals surface area (Å²) in [4.78, 5) is 45.3. The van der Waals surface area contributed by atoms with Gasteiger partial charge in [-0.3, -0.25) is 14.4 Å². The number of rotatable bonds is 8. The number of Topliss-reactive ketones (excluding diaryl/α,β-unsaturated/α-hetero) is 1. The Hall–Kier alpha value is -2.70. The van der Waals surface area contributed by atoms with Gasteiger partial charge >= 0.3 is 5.97 Å². The first-order valence-electron chi connectivity index (χ1n) is 7.57. The third kappa shape index (κ3) is 7.04. The van der Waals surface area contributed by atoms with Gasteiger partial charge in [-0.15, -0.1) is 0 Å². The molecule has 0 radical (unpaired) electrons. The molecule has 0 spiro atoms. The van der Waals surface area contributed by atoms with Crippen LogP contribution in [0.1, 0.15) is 30.9 Å². The molecule has 2 N–H and O–H groups in total. The number of benzene rings is 1. The van der Waals surface area contributed by atoms with E-state index in [0.717, 1.165) is 11.1 Å². The third-order valence-corrected chi connectivity index (χ3v) is 3.37. The summed E-state index contributed by atoms with van der Waals surface area (Å²) in [6.45, 7) is 4.50. The van der Waals surface area contributed by atoms with E-state index in [4.69, 9.17) is 4.74 Å². The highest BCUT2D eigenvalue weighted by Crippen LogP contribution is 2.17. The average Bonchev–Trinajstić information content (AvgIpc) is 2.53. The summed E-state index contributed by atoms with van der Waals surface area (Å²) >= 11 is 0. The molecule has 7 heteroatoms. The zero-order valence-corrected chi connectivity index (χ0v) is 14.1. The molecule has 0 aliphatic rings. The molecule has 0 fully saturated rings. The monoisotopic (exact) mass is 334 g/mol. The number of hydrogen-bond acceptors (Lipinski definition) is 5. The van der Waals surface area contributed by atoms with Crippen LogP contribution in [-0.2, 0) is 23.9 Å². The van der Waals surface area contributed by atoms with Crippen LogP contribution in [0.3, 0.4) is 0 Å². The molecule has 0 aliphatic carbocycles. The van der Waals surface area contributed by atoms with Crippen LogP contribution in [0, 0.1) is 13.8 Å². The number of amides is 2. The van der Waals surface area contributed by atoms with Gasteiger partial charge in [-0.1, -0.05) is 12.1 Å². The van der Waals surface area contributed by atoms with Gasteiger partial charge < -0.3 is 20.2 Å². The topological polar surface area (TPSA) is 102 Å². The van der Waals surface area contributed by atoms with Crippen molar-refractivity contribution in [1.82, 2.24) is 5.32 Å². The Morgan fingerprint density at radius 2 is 1.75 bits per heavy atom. The van der Waals surface area contributed by atoms with E-state index in [1.165, 1.54) is 6.92 Å². The maximum absolute atomic E-state index is 11.8. The number of anilines is 1. The zero-order chi connectivity index (χ0) is 18.1. The molecule has 0 saturated carbocycles. The number of aryl methyl sites for hydroxylation is 1. The van der Waals surface area contributed by atoms with E-state index in [0.29, 0.717) is 5.69 Å². The molecule has 24 heavy (non-hydrogen) atoms. The normalized spacial score (nSPS) is 9.96. The molecule has 1 rings (SSSR count). The standard InChI is InChI=1S/C17H22N2O5/c1-11-5-4-6-14(13(11)3)19-15(21)9-18-16(22)10-24-17(23)8-7-12(2)20/h4-6H,7-10H2,1-3H3,(H,18,22)(H,19,21). The zero-order valence-electron chi connectivity index (χ0n) is 14.1. The lowest BCUT2D eigenvalue weighted by Gasteiger charge is -2.11. The van der Waals surface area contributed by atoms with Crippen molar-refractivity contribution in [2.24, 2.45) is 0 Å². The van der Waals surface area contributed by atoms with Gasteiger partial charge in [-0.2, -0.15) is 0 Å². The summed E-state index contributed by atoms with van der Waals surface area (Å²) in [5, 5.41) is 5.07. The Balaban J connectivity index is 2.31. The van der Waals surface area contributed by atoms with Gasteiger partial charge in [0.15, 0.2) is 6.61 Å². The molecule has 1 aromatic rings. The van der Waals surface area contributed by atoms with Crippen LogP contribution in [0.15, 0.2) is 18.2 Å². The van der Waals surface area contributed by atoms with E-state index in [2.05, 4.69) is 10.6 Å². The molecule has 0 saturated heterocycles. The van der Waals surface area contributed by atoms with Gasteiger partial charge in [0.1, 0.15) is 5.78 Å². The molecule has 0 heterocycles. The predicted octanol–water partition coefficient (Wildman–Crippen LogP) is 1.27.